The summed E-state index contributed by atoms with van der Waals surface area (Å²) in [4.78, 5) is 17.8. The number of benzene rings is 2. The van der Waals surface area contributed by atoms with Crippen molar-refractivity contribution < 1.29 is 9.53 Å². The molecular formula is C22H21NO2S2. The summed E-state index contributed by atoms with van der Waals surface area (Å²) in [6.07, 6.45) is 0.798. The van der Waals surface area contributed by atoms with Gasteiger partial charge in [-0.15, -0.1) is 23.1 Å². The van der Waals surface area contributed by atoms with Crippen LogP contribution in [0.1, 0.15) is 16.0 Å². The van der Waals surface area contributed by atoms with Gasteiger partial charge in [-0.25, -0.2) is 0 Å². The first-order valence-electron chi connectivity index (χ1n) is 8.92. The van der Waals surface area contributed by atoms with Crippen LogP contribution in [0.15, 0.2) is 70.9 Å². The first kappa shape index (κ1) is 18.1. The van der Waals surface area contributed by atoms with E-state index in [0.717, 1.165) is 17.7 Å². The number of thiophene rings is 1. The van der Waals surface area contributed by atoms with Crippen LogP contribution in [0.3, 0.4) is 0 Å². The van der Waals surface area contributed by atoms with Crippen molar-refractivity contribution in [2.75, 3.05) is 7.11 Å². The molecule has 0 N–H and O–H groups in total. The first-order chi connectivity index (χ1) is 13.2. The molecule has 0 saturated carbocycles. The maximum absolute atomic E-state index is 13.4. The highest BCUT2D eigenvalue weighted by atomic mass is 32.2. The molecule has 3 aromatic rings. The Balaban J connectivity index is 1.57. The molecule has 0 unspecified atom stereocenters. The van der Waals surface area contributed by atoms with Gasteiger partial charge in [-0.3, -0.25) is 4.79 Å². The van der Waals surface area contributed by atoms with Crippen LogP contribution in [0.4, 0.5) is 0 Å². The molecule has 1 aromatic heterocycles. The molecule has 2 heterocycles. The molecule has 0 bridgehead atoms. The average molecular weight is 396 g/mol. The van der Waals surface area contributed by atoms with Gasteiger partial charge in [0.05, 0.1) is 18.9 Å². The Labute approximate surface area is 168 Å². The van der Waals surface area contributed by atoms with Gasteiger partial charge in [-0.1, -0.05) is 42.5 Å². The summed E-state index contributed by atoms with van der Waals surface area (Å²) in [6, 6.07) is 20.4. The van der Waals surface area contributed by atoms with E-state index in [9.17, 15) is 4.79 Å². The van der Waals surface area contributed by atoms with Crippen LogP contribution in [-0.2, 0) is 24.3 Å². The van der Waals surface area contributed by atoms with Crippen molar-refractivity contribution in [2.24, 2.45) is 0 Å². The zero-order valence-corrected chi connectivity index (χ0v) is 16.8. The van der Waals surface area contributed by atoms with E-state index in [2.05, 4.69) is 23.6 Å². The number of carbonyl (C=O) groups excluding carboxylic acids is 1. The van der Waals surface area contributed by atoms with Crippen molar-refractivity contribution in [3.05, 3.63) is 82.0 Å². The minimum atomic E-state index is -0.0583. The van der Waals surface area contributed by atoms with Gasteiger partial charge in [0.1, 0.15) is 5.75 Å². The van der Waals surface area contributed by atoms with Gasteiger partial charge < -0.3 is 9.64 Å². The fraction of sp³-hybridized carbons (Fsp3) is 0.227. The van der Waals surface area contributed by atoms with Crippen LogP contribution in [-0.4, -0.2) is 23.2 Å². The molecule has 4 rings (SSSR count). The van der Waals surface area contributed by atoms with Crippen LogP contribution in [0, 0.1) is 0 Å². The van der Waals surface area contributed by atoms with E-state index < -0.39 is 0 Å². The predicted octanol–water partition coefficient (Wildman–Crippen LogP) is 5.00. The highest BCUT2D eigenvalue weighted by Crippen LogP contribution is 2.38. The molecule has 0 fully saturated rings. The number of rotatable bonds is 6. The molecule has 0 saturated heterocycles. The number of hydrogen-bond acceptors (Lipinski definition) is 4. The second-order valence-electron chi connectivity index (χ2n) is 6.50. The quantitative estimate of drug-likeness (QED) is 0.588. The summed E-state index contributed by atoms with van der Waals surface area (Å²) >= 11 is 3.37. The lowest BCUT2D eigenvalue weighted by Crippen LogP contribution is -2.36. The van der Waals surface area contributed by atoms with Crippen molar-refractivity contribution in [1.29, 1.82) is 0 Å². The van der Waals surface area contributed by atoms with Crippen LogP contribution in [0.2, 0.25) is 0 Å². The van der Waals surface area contributed by atoms with Crippen LogP contribution >= 0.6 is 23.1 Å². The lowest BCUT2D eigenvalue weighted by molar-refractivity contribution is -0.131. The van der Waals surface area contributed by atoms with Gasteiger partial charge in [0.15, 0.2) is 0 Å². The zero-order valence-electron chi connectivity index (χ0n) is 15.1. The smallest absolute Gasteiger partial charge is 0.237 e. The number of hydrogen-bond donors (Lipinski definition) is 0. The SMILES string of the molecule is COc1ccccc1CN(Cc1cccs1)C(=O)[C@H]1Cc2ccccc2S1. The third kappa shape index (κ3) is 4.04. The Morgan fingerprint density at radius 1 is 1.07 bits per heavy atom. The molecule has 1 amide bonds. The van der Waals surface area contributed by atoms with E-state index in [0.29, 0.717) is 13.1 Å². The second-order valence-corrected chi connectivity index (χ2v) is 8.78. The third-order valence-electron chi connectivity index (χ3n) is 4.71. The van der Waals surface area contributed by atoms with Gasteiger partial charge in [0, 0.05) is 21.9 Å². The van der Waals surface area contributed by atoms with Crippen LogP contribution in [0.5, 0.6) is 5.75 Å². The molecule has 5 heteroatoms. The van der Waals surface area contributed by atoms with E-state index in [1.165, 1.54) is 15.3 Å². The number of thioether (sulfide) groups is 1. The van der Waals surface area contributed by atoms with E-state index in [1.54, 1.807) is 30.2 Å². The number of carbonyl (C=O) groups is 1. The highest BCUT2D eigenvalue weighted by Gasteiger charge is 2.31. The molecule has 0 spiro atoms. The molecule has 1 aliphatic rings. The molecule has 0 radical (unpaired) electrons. The molecule has 1 atom stereocenters. The van der Waals surface area contributed by atoms with Crippen molar-refractivity contribution in [3.8, 4) is 5.75 Å². The largest absolute Gasteiger partial charge is 0.496 e. The summed E-state index contributed by atoms with van der Waals surface area (Å²) < 4.78 is 5.50. The Kier molecular flexibility index (Phi) is 5.50. The summed E-state index contributed by atoms with van der Waals surface area (Å²) in [5.74, 6) is 1.01. The maximum atomic E-state index is 13.4. The zero-order chi connectivity index (χ0) is 18.6. The minimum absolute atomic E-state index is 0.0583. The fourth-order valence-electron chi connectivity index (χ4n) is 3.37. The van der Waals surface area contributed by atoms with Gasteiger partial charge in [0.25, 0.3) is 0 Å². The maximum Gasteiger partial charge on any atom is 0.237 e. The third-order valence-corrected chi connectivity index (χ3v) is 6.88. The Hall–Kier alpha value is -2.24. The molecule has 2 aromatic carbocycles. The molecular weight excluding hydrogens is 374 g/mol. The van der Waals surface area contributed by atoms with Crippen molar-refractivity contribution in [1.82, 2.24) is 4.90 Å². The number of nitrogens with zero attached hydrogens (tertiary/aromatic N) is 1. The fourth-order valence-corrected chi connectivity index (χ4v) is 5.36. The van der Waals surface area contributed by atoms with E-state index in [-0.39, 0.29) is 11.2 Å². The van der Waals surface area contributed by atoms with Crippen LogP contribution < -0.4 is 4.74 Å². The summed E-state index contributed by atoms with van der Waals surface area (Å²) in [5.41, 5.74) is 2.31. The van der Waals surface area contributed by atoms with Crippen molar-refractivity contribution in [2.45, 2.75) is 29.7 Å². The average Bonchev–Trinajstić information content (AvgIpc) is 3.36. The minimum Gasteiger partial charge on any atom is -0.496 e. The number of ether oxygens (including phenoxy) is 1. The summed E-state index contributed by atoms with van der Waals surface area (Å²) in [7, 11) is 1.67. The van der Waals surface area contributed by atoms with Gasteiger partial charge in [-0.2, -0.15) is 0 Å². The van der Waals surface area contributed by atoms with Gasteiger partial charge in [0.2, 0.25) is 5.91 Å². The Bertz CT molecular complexity index is 899. The van der Waals surface area contributed by atoms with Crippen molar-refractivity contribution in [3.63, 3.8) is 0 Å². The van der Waals surface area contributed by atoms with Crippen molar-refractivity contribution >= 4 is 29.0 Å². The molecule has 1 aliphatic heterocycles. The summed E-state index contributed by atoms with van der Waals surface area (Å²) in [5, 5.41) is 2.00. The Morgan fingerprint density at radius 2 is 1.89 bits per heavy atom. The lowest BCUT2D eigenvalue weighted by atomic mass is 10.1. The number of amides is 1. The topological polar surface area (TPSA) is 29.5 Å². The molecule has 27 heavy (non-hydrogen) atoms. The van der Waals surface area contributed by atoms with Gasteiger partial charge >= 0.3 is 0 Å². The number of para-hydroxylation sites is 1. The summed E-state index contributed by atoms with van der Waals surface area (Å²) in [6.45, 7) is 1.18. The molecule has 138 valence electrons. The molecule has 0 aliphatic carbocycles. The monoisotopic (exact) mass is 395 g/mol. The standard InChI is InChI=1S/C22H21NO2S2/c1-25-19-10-4-2-8-17(19)14-23(15-18-9-6-12-26-18)22(24)21-13-16-7-3-5-11-20(16)27-21/h2-12,21H,13-15H2,1H3/t21-/m1/s1. The Morgan fingerprint density at radius 3 is 2.67 bits per heavy atom. The lowest BCUT2D eigenvalue weighted by Gasteiger charge is -2.26. The molecule has 3 nitrogen and oxygen atoms in total. The van der Waals surface area contributed by atoms with Gasteiger partial charge in [-0.05, 0) is 35.6 Å². The highest BCUT2D eigenvalue weighted by molar-refractivity contribution is 8.01. The van der Waals surface area contributed by atoms with Crippen LogP contribution in [0.25, 0.3) is 0 Å². The second kappa shape index (κ2) is 8.19. The first-order valence-corrected chi connectivity index (χ1v) is 10.7. The van der Waals surface area contributed by atoms with E-state index in [1.807, 2.05) is 47.4 Å². The van der Waals surface area contributed by atoms with E-state index in [4.69, 9.17) is 4.74 Å². The number of fused-ring (bicyclic) bond motifs is 1. The van der Waals surface area contributed by atoms with E-state index >= 15 is 0 Å². The normalized spacial score (nSPS) is 15.4. The predicted molar refractivity (Wildman–Crippen MR) is 111 cm³/mol. The number of methoxy groups -OCH3 is 1.